The molecule has 0 unspecified atom stereocenters. The molecule has 0 atom stereocenters. The number of benzene rings is 8. The van der Waals surface area contributed by atoms with Crippen LogP contribution in [0, 0.1) is 0 Å². The maximum absolute atomic E-state index is 5.53. The Morgan fingerprint density at radius 2 is 0.729 bits per heavy atom. The second-order valence-electron chi connectivity index (χ2n) is 14.8. The third-order valence-electron chi connectivity index (χ3n) is 11.4. The lowest BCUT2D eigenvalue weighted by molar-refractivity contribution is 1.07. The standard InChI is InChI=1S/C52H33N7/c1-3-15-35(16-4-1)51-55-56-52(57(51)37-17-5-2-6-18-37)36-29-27-34(28-30-36)42-33-53-49-47(58-43-23-11-7-19-38(43)39-20-8-12-24-44(39)58)31-32-48(50(49)54-42)59-45-25-13-9-21-40(45)41-22-10-14-26-46(41)59/h1-33H. The Bertz CT molecular complexity index is 3440. The first kappa shape index (κ1) is 33.0. The van der Waals surface area contributed by atoms with Gasteiger partial charge in [-0.1, -0.05) is 146 Å². The summed E-state index contributed by atoms with van der Waals surface area (Å²) in [6.07, 6.45) is 1.91. The topological polar surface area (TPSA) is 66.3 Å². The van der Waals surface area contributed by atoms with Gasteiger partial charge in [0.05, 0.1) is 45.3 Å². The molecule has 0 spiro atoms. The average molecular weight is 756 g/mol. The van der Waals surface area contributed by atoms with Crippen LogP contribution in [0.1, 0.15) is 0 Å². The van der Waals surface area contributed by atoms with Crippen molar-refractivity contribution in [1.82, 2.24) is 33.9 Å². The predicted octanol–water partition coefficient (Wildman–Crippen LogP) is 12.4. The largest absolute Gasteiger partial charge is 0.307 e. The lowest BCUT2D eigenvalue weighted by atomic mass is 10.1. The quantitative estimate of drug-likeness (QED) is 0.169. The fourth-order valence-electron chi connectivity index (χ4n) is 8.79. The number of para-hydroxylation sites is 5. The van der Waals surface area contributed by atoms with Crippen LogP contribution in [0.4, 0.5) is 0 Å². The first-order valence-corrected chi connectivity index (χ1v) is 19.7. The smallest absolute Gasteiger partial charge is 0.168 e. The molecule has 0 N–H and O–H groups in total. The van der Waals surface area contributed by atoms with E-state index < -0.39 is 0 Å². The Balaban J connectivity index is 1.06. The maximum atomic E-state index is 5.53. The fraction of sp³-hybridized carbons (Fsp3) is 0. The monoisotopic (exact) mass is 755 g/mol. The lowest BCUT2D eigenvalue weighted by Crippen LogP contribution is -2.03. The minimum absolute atomic E-state index is 0.760. The zero-order valence-corrected chi connectivity index (χ0v) is 31.7. The molecule has 59 heavy (non-hydrogen) atoms. The molecule has 12 rings (SSSR count). The molecular weight excluding hydrogens is 723 g/mol. The van der Waals surface area contributed by atoms with Crippen molar-refractivity contribution in [3.63, 3.8) is 0 Å². The van der Waals surface area contributed by atoms with Crippen LogP contribution in [-0.4, -0.2) is 33.9 Å². The summed E-state index contributed by atoms with van der Waals surface area (Å²) < 4.78 is 6.79. The fourth-order valence-corrected chi connectivity index (χ4v) is 8.79. The van der Waals surface area contributed by atoms with E-state index in [0.717, 1.165) is 84.2 Å². The zero-order chi connectivity index (χ0) is 38.9. The van der Waals surface area contributed by atoms with Crippen LogP contribution in [0.25, 0.3) is 106 Å². The predicted molar refractivity (Wildman–Crippen MR) is 239 cm³/mol. The Morgan fingerprint density at radius 3 is 1.24 bits per heavy atom. The second-order valence-corrected chi connectivity index (χ2v) is 14.8. The van der Waals surface area contributed by atoms with Gasteiger partial charge >= 0.3 is 0 Å². The van der Waals surface area contributed by atoms with Crippen LogP contribution in [0.5, 0.6) is 0 Å². The highest BCUT2D eigenvalue weighted by Crippen LogP contribution is 2.39. The number of fused-ring (bicyclic) bond motifs is 7. The molecule has 4 heterocycles. The lowest BCUT2D eigenvalue weighted by Gasteiger charge is -2.16. The number of hydrogen-bond acceptors (Lipinski definition) is 4. The van der Waals surface area contributed by atoms with Gasteiger partial charge in [0, 0.05) is 43.9 Å². The van der Waals surface area contributed by atoms with Crippen molar-refractivity contribution in [3.8, 4) is 51.1 Å². The van der Waals surface area contributed by atoms with E-state index in [1.54, 1.807) is 0 Å². The summed E-state index contributed by atoms with van der Waals surface area (Å²) in [5, 5.41) is 14.2. The second kappa shape index (κ2) is 13.2. The van der Waals surface area contributed by atoms with Crippen LogP contribution in [0.3, 0.4) is 0 Å². The molecule has 0 aliphatic rings. The van der Waals surface area contributed by atoms with Gasteiger partial charge in [0.1, 0.15) is 11.0 Å². The van der Waals surface area contributed by atoms with Crippen molar-refractivity contribution < 1.29 is 0 Å². The van der Waals surface area contributed by atoms with E-state index in [1.165, 1.54) is 21.5 Å². The van der Waals surface area contributed by atoms with Crippen molar-refractivity contribution in [2.24, 2.45) is 0 Å². The molecule has 7 heteroatoms. The third-order valence-corrected chi connectivity index (χ3v) is 11.4. The summed E-state index contributed by atoms with van der Waals surface area (Å²) in [6, 6.07) is 67.7. The highest BCUT2D eigenvalue weighted by atomic mass is 15.3. The number of rotatable bonds is 6. The third kappa shape index (κ3) is 5.15. The highest BCUT2D eigenvalue weighted by molar-refractivity contribution is 6.12. The molecule has 0 bridgehead atoms. The van der Waals surface area contributed by atoms with Crippen LogP contribution < -0.4 is 0 Å². The van der Waals surface area contributed by atoms with Gasteiger partial charge in [-0.15, -0.1) is 10.2 Å². The number of nitrogens with zero attached hydrogens (tertiary/aromatic N) is 7. The van der Waals surface area contributed by atoms with Crippen molar-refractivity contribution in [2.75, 3.05) is 0 Å². The van der Waals surface area contributed by atoms with E-state index in [1.807, 2.05) is 42.6 Å². The molecule has 0 aliphatic heterocycles. The number of aromatic nitrogens is 7. The summed E-state index contributed by atoms with van der Waals surface area (Å²) in [6.45, 7) is 0. The summed E-state index contributed by atoms with van der Waals surface area (Å²) >= 11 is 0. The summed E-state index contributed by atoms with van der Waals surface area (Å²) in [4.78, 5) is 10.8. The maximum Gasteiger partial charge on any atom is 0.168 e. The van der Waals surface area contributed by atoms with Gasteiger partial charge in [0.25, 0.3) is 0 Å². The van der Waals surface area contributed by atoms with Crippen LogP contribution in [-0.2, 0) is 0 Å². The summed E-state index contributed by atoms with van der Waals surface area (Å²) in [7, 11) is 0. The first-order chi connectivity index (χ1) is 29.3. The Hall–Kier alpha value is -8.16. The highest BCUT2D eigenvalue weighted by Gasteiger charge is 2.22. The van der Waals surface area contributed by atoms with E-state index in [4.69, 9.17) is 15.1 Å². The average Bonchev–Trinajstić information content (AvgIpc) is 4.00. The molecular formula is C52H33N7. The van der Waals surface area contributed by atoms with Crippen LogP contribution >= 0.6 is 0 Å². The van der Waals surface area contributed by atoms with Crippen molar-refractivity contribution in [1.29, 1.82) is 0 Å². The van der Waals surface area contributed by atoms with Crippen LogP contribution in [0.2, 0.25) is 0 Å². The first-order valence-electron chi connectivity index (χ1n) is 19.7. The SMILES string of the molecule is c1ccc(-c2nnc(-c3ccc(-c4cnc5c(-n6c7ccccc7c7ccccc76)ccc(-n6c7ccccc7c7ccccc76)c5n4)cc3)n2-c2ccccc2)cc1. The van der Waals surface area contributed by atoms with Gasteiger partial charge in [-0.2, -0.15) is 0 Å². The van der Waals surface area contributed by atoms with Gasteiger partial charge in [0.15, 0.2) is 11.6 Å². The molecule has 0 saturated heterocycles. The molecule has 0 aliphatic carbocycles. The summed E-state index contributed by atoms with van der Waals surface area (Å²) in [5.74, 6) is 1.54. The number of hydrogen-bond donors (Lipinski definition) is 0. The van der Waals surface area contributed by atoms with E-state index in [0.29, 0.717) is 0 Å². The van der Waals surface area contributed by atoms with Crippen molar-refractivity contribution >= 4 is 54.6 Å². The molecule has 0 amide bonds. The molecule has 4 aromatic heterocycles. The van der Waals surface area contributed by atoms with Gasteiger partial charge in [-0.3, -0.25) is 9.55 Å². The van der Waals surface area contributed by atoms with Gasteiger partial charge in [0.2, 0.25) is 0 Å². The Labute approximate surface area is 338 Å². The zero-order valence-electron chi connectivity index (χ0n) is 31.7. The molecule has 0 fully saturated rings. The summed E-state index contributed by atoms with van der Waals surface area (Å²) in [5.41, 5.74) is 12.7. The Kier molecular flexibility index (Phi) is 7.40. The minimum Gasteiger partial charge on any atom is -0.307 e. The Morgan fingerprint density at radius 1 is 0.322 bits per heavy atom. The van der Waals surface area contributed by atoms with Crippen LogP contribution in [0.15, 0.2) is 200 Å². The molecule has 0 radical (unpaired) electrons. The molecule has 12 aromatic rings. The normalized spacial score (nSPS) is 11.7. The molecule has 276 valence electrons. The van der Waals surface area contributed by atoms with E-state index in [9.17, 15) is 0 Å². The molecule has 0 saturated carbocycles. The van der Waals surface area contributed by atoms with Crippen molar-refractivity contribution in [2.45, 2.75) is 0 Å². The van der Waals surface area contributed by atoms with E-state index >= 15 is 0 Å². The van der Waals surface area contributed by atoms with Gasteiger partial charge in [-0.25, -0.2) is 4.98 Å². The van der Waals surface area contributed by atoms with E-state index in [2.05, 4.69) is 177 Å². The minimum atomic E-state index is 0.760. The van der Waals surface area contributed by atoms with Gasteiger partial charge < -0.3 is 9.13 Å². The molecule has 8 aromatic carbocycles. The van der Waals surface area contributed by atoms with Crippen molar-refractivity contribution in [3.05, 3.63) is 200 Å². The molecule has 7 nitrogen and oxygen atoms in total. The van der Waals surface area contributed by atoms with Gasteiger partial charge in [-0.05, 0) is 48.5 Å². The van der Waals surface area contributed by atoms with E-state index in [-0.39, 0.29) is 0 Å².